The molecule has 0 spiro atoms. The van der Waals surface area contributed by atoms with Gasteiger partial charge in [0.2, 0.25) is 0 Å². The van der Waals surface area contributed by atoms with Crippen molar-refractivity contribution in [1.82, 2.24) is 4.90 Å². The highest BCUT2D eigenvalue weighted by Gasteiger charge is 2.04. The number of ether oxygens (including phenoxy) is 1. The summed E-state index contributed by atoms with van der Waals surface area (Å²) < 4.78 is 5.14. The minimum absolute atomic E-state index is 0.242. The number of rotatable bonds is 9. The molecule has 0 unspecified atom stereocenters. The molecule has 18 heavy (non-hydrogen) atoms. The zero-order valence-corrected chi connectivity index (χ0v) is 11.6. The molecule has 0 atom stereocenters. The van der Waals surface area contributed by atoms with Crippen LogP contribution in [0.5, 0.6) is 5.75 Å². The maximum Gasteiger partial charge on any atom is 0.118 e. The second-order valence-electron chi connectivity index (χ2n) is 4.52. The van der Waals surface area contributed by atoms with Gasteiger partial charge in [-0.3, -0.25) is 0 Å². The van der Waals surface area contributed by atoms with Crippen LogP contribution in [0.25, 0.3) is 0 Å². The molecule has 0 fully saturated rings. The van der Waals surface area contributed by atoms with Gasteiger partial charge < -0.3 is 14.7 Å². The molecule has 102 valence electrons. The zero-order chi connectivity index (χ0) is 13.2. The Morgan fingerprint density at radius 3 is 2.39 bits per heavy atom. The third kappa shape index (κ3) is 5.52. The van der Waals surface area contributed by atoms with Crippen LogP contribution in [0.2, 0.25) is 0 Å². The van der Waals surface area contributed by atoms with Gasteiger partial charge in [0.1, 0.15) is 5.75 Å². The van der Waals surface area contributed by atoms with Crippen molar-refractivity contribution >= 4 is 0 Å². The Hall–Kier alpha value is -1.06. The fraction of sp³-hybridized carbons (Fsp3) is 0.600. The highest BCUT2D eigenvalue weighted by atomic mass is 16.5. The van der Waals surface area contributed by atoms with Crippen molar-refractivity contribution in [3.8, 4) is 5.75 Å². The summed E-state index contributed by atoms with van der Waals surface area (Å²) in [4.78, 5) is 2.33. The van der Waals surface area contributed by atoms with Crippen molar-refractivity contribution in [2.24, 2.45) is 0 Å². The van der Waals surface area contributed by atoms with Gasteiger partial charge in [0.05, 0.1) is 13.7 Å². The topological polar surface area (TPSA) is 32.7 Å². The minimum atomic E-state index is 0.242. The van der Waals surface area contributed by atoms with Crippen LogP contribution in [0.15, 0.2) is 24.3 Å². The van der Waals surface area contributed by atoms with Crippen LogP contribution < -0.4 is 4.74 Å². The average Bonchev–Trinajstić information content (AvgIpc) is 2.42. The fourth-order valence-corrected chi connectivity index (χ4v) is 1.94. The molecule has 1 aromatic rings. The van der Waals surface area contributed by atoms with Crippen molar-refractivity contribution < 1.29 is 9.84 Å². The van der Waals surface area contributed by atoms with E-state index in [0.29, 0.717) is 0 Å². The van der Waals surface area contributed by atoms with Crippen molar-refractivity contribution in [3.05, 3.63) is 29.8 Å². The number of benzene rings is 1. The molecule has 1 aromatic carbocycles. The number of aliphatic hydroxyl groups is 1. The normalized spacial score (nSPS) is 10.9. The van der Waals surface area contributed by atoms with Crippen molar-refractivity contribution in [3.63, 3.8) is 0 Å². The van der Waals surface area contributed by atoms with Crippen molar-refractivity contribution in [2.45, 2.75) is 26.2 Å². The molecule has 0 bridgehead atoms. The summed E-state index contributed by atoms with van der Waals surface area (Å²) >= 11 is 0. The summed E-state index contributed by atoms with van der Waals surface area (Å²) in [7, 11) is 1.68. The van der Waals surface area contributed by atoms with E-state index in [1.807, 2.05) is 12.1 Å². The highest BCUT2D eigenvalue weighted by molar-refractivity contribution is 5.27. The van der Waals surface area contributed by atoms with E-state index >= 15 is 0 Å². The molecule has 0 saturated heterocycles. The molecular formula is C15H25NO2. The van der Waals surface area contributed by atoms with Gasteiger partial charge in [0, 0.05) is 13.1 Å². The van der Waals surface area contributed by atoms with Crippen molar-refractivity contribution in [2.75, 3.05) is 33.4 Å². The van der Waals surface area contributed by atoms with Gasteiger partial charge in [-0.25, -0.2) is 0 Å². The largest absolute Gasteiger partial charge is 0.497 e. The summed E-state index contributed by atoms with van der Waals surface area (Å²) in [5.74, 6) is 0.900. The third-order valence-electron chi connectivity index (χ3n) is 3.12. The van der Waals surface area contributed by atoms with Gasteiger partial charge in [0.15, 0.2) is 0 Å². The van der Waals surface area contributed by atoms with E-state index in [4.69, 9.17) is 9.84 Å². The van der Waals surface area contributed by atoms with E-state index in [1.165, 1.54) is 18.4 Å². The maximum atomic E-state index is 9.04. The molecule has 1 N–H and O–H groups in total. The van der Waals surface area contributed by atoms with Crippen LogP contribution in [-0.2, 0) is 6.42 Å². The quantitative estimate of drug-likeness (QED) is 0.731. The number of aliphatic hydroxyl groups excluding tert-OH is 1. The lowest BCUT2D eigenvalue weighted by molar-refractivity contribution is 0.195. The lowest BCUT2D eigenvalue weighted by Gasteiger charge is -2.20. The van der Waals surface area contributed by atoms with Crippen LogP contribution in [-0.4, -0.2) is 43.4 Å². The summed E-state index contributed by atoms with van der Waals surface area (Å²) in [6, 6.07) is 8.21. The maximum absolute atomic E-state index is 9.04. The van der Waals surface area contributed by atoms with Gasteiger partial charge in [-0.2, -0.15) is 0 Å². The van der Waals surface area contributed by atoms with Gasteiger partial charge in [0.25, 0.3) is 0 Å². The summed E-state index contributed by atoms with van der Waals surface area (Å²) in [5, 5.41) is 9.04. The Morgan fingerprint density at radius 2 is 1.83 bits per heavy atom. The Kier molecular flexibility index (Phi) is 7.46. The second-order valence-corrected chi connectivity index (χ2v) is 4.52. The number of hydrogen-bond donors (Lipinski definition) is 1. The van der Waals surface area contributed by atoms with Crippen LogP contribution in [0.1, 0.15) is 25.3 Å². The first-order valence-corrected chi connectivity index (χ1v) is 6.76. The lowest BCUT2D eigenvalue weighted by Crippen LogP contribution is -2.30. The van der Waals surface area contributed by atoms with Crippen LogP contribution in [0, 0.1) is 0 Å². The molecule has 0 aliphatic heterocycles. The van der Waals surface area contributed by atoms with Crippen molar-refractivity contribution in [1.29, 1.82) is 0 Å². The summed E-state index contributed by atoms with van der Waals surface area (Å²) in [6.07, 6.45) is 3.42. The van der Waals surface area contributed by atoms with E-state index in [9.17, 15) is 0 Å². The number of unbranched alkanes of at least 4 members (excludes halogenated alkanes) is 1. The Bertz CT molecular complexity index is 311. The molecular weight excluding hydrogens is 226 g/mol. The van der Waals surface area contributed by atoms with Crippen LogP contribution in [0.3, 0.4) is 0 Å². The monoisotopic (exact) mass is 251 g/mol. The smallest absolute Gasteiger partial charge is 0.118 e. The standard InChI is InChI=1S/C15H25NO2/c1-3-4-10-16(12-13-17)11-9-14-5-7-15(18-2)8-6-14/h5-8,17H,3-4,9-13H2,1-2H3. The van der Waals surface area contributed by atoms with E-state index < -0.39 is 0 Å². The van der Waals surface area contributed by atoms with E-state index in [0.717, 1.165) is 31.8 Å². The molecule has 0 aliphatic carbocycles. The molecule has 3 nitrogen and oxygen atoms in total. The SMILES string of the molecule is CCCCN(CCO)CCc1ccc(OC)cc1. The first kappa shape index (κ1) is 15.0. The number of nitrogens with zero attached hydrogens (tertiary/aromatic N) is 1. The first-order chi connectivity index (χ1) is 8.80. The zero-order valence-electron chi connectivity index (χ0n) is 11.6. The van der Waals surface area contributed by atoms with Gasteiger partial charge in [-0.05, 0) is 37.1 Å². The Morgan fingerprint density at radius 1 is 1.11 bits per heavy atom. The third-order valence-corrected chi connectivity index (χ3v) is 3.12. The average molecular weight is 251 g/mol. The minimum Gasteiger partial charge on any atom is -0.497 e. The highest BCUT2D eigenvalue weighted by Crippen LogP contribution is 2.12. The molecule has 3 heteroatoms. The van der Waals surface area contributed by atoms with Gasteiger partial charge in [-0.15, -0.1) is 0 Å². The molecule has 0 aliphatic rings. The van der Waals surface area contributed by atoms with E-state index in [-0.39, 0.29) is 6.61 Å². The fourth-order valence-electron chi connectivity index (χ4n) is 1.94. The molecule has 0 heterocycles. The van der Waals surface area contributed by atoms with Gasteiger partial charge in [-0.1, -0.05) is 25.5 Å². The summed E-state index contributed by atoms with van der Waals surface area (Å²) in [6.45, 7) is 5.29. The molecule has 0 amide bonds. The van der Waals surface area contributed by atoms with E-state index in [1.54, 1.807) is 7.11 Å². The Balaban J connectivity index is 2.39. The molecule has 0 saturated carbocycles. The predicted molar refractivity (Wildman–Crippen MR) is 75.1 cm³/mol. The van der Waals surface area contributed by atoms with E-state index in [2.05, 4.69) is 24.0 Å². The van der Waals surface area contributed by atoms with Gasteiger partial charge >= 0.3 is 0 Å². The molecule has 0 radical (unpaired) electrons. The lowest BCUT2D eigenvalue weighted by atomic mass is 10.1. The summed E-state index contributed by atoms with van der Waals surface area (Å²) in [5.41, 5.74) is 1.32. The molecule has 0 aromatic heterocycles. The van der Waals surface area contributed by atoms with Crippen LogP contribution >= 0.6 is 0 Å². The number of methoxy groups -OCH3 is 1. The predicted octanol–water partition coefficient (Wildman–Crippen LogP) is 2.33. The first-order valence-electron chi connectivity index (χ1n) is 6.76. The Labute approximate surface area is 110 Å². The van der Waals surface area contributed by atoms with Crippen LogP contribution in [0.4, 0.5) is 0 Å². The number of hydrogen-bond acceptors (Lipinski definition) is 3. The molecule has 1 rings (SSSR count). The second kappa shape index (κ2) is 8.95.